The average Bonchev–Trinajstić information content (AvgIpc) is 3.00. The highest BCUT2D eigenvalue weighted by Gasteiger charge is 2.17. The van der Waals surface area contributed by atoms with Crippen molar-refractivity contribution in [2.75, 3.05) is 36.5 Å². The molecule has 0 aliphatic carbocycles. The Morgan fingerprint density at radius 2 is 2.19 bits per heavy atom. The monoisotopic (exact) mass is 305 g/mol. The number of hydrogen-bond donors (Lipinski definition) is 1. The summed E-state index contributed by atoms with van der Waals surface area (Å²) in [5.74, 6) is 0.299. The fourth-order valence-electron chi connectivity index (χ4n) is 2.02. The molecule has 0 unspecified atom stereocenters. The molecule has 3 heterocycles. The minimum absolute atomic E-state index is 0.273. The van der Waals surface area contributed by atoms with E-state index in [4.69, 9.17) is 4.74 Å². The Kier molecular flexibility index (Phi) is 4.07. The van der Waals surface area contributed by atoms with E-state index in [2.05, 4.69) is 20.3 Å². The summed E-state index contributed by atoms with van der Waals surface area (Å²) in [6.07, 6.45) is 1.64. The van der Waals surface area contributed by atoms with Crippen LogP contribution < -0.4 is 10.2 Å². The van der Waals surface area contributed by atoms with E-state index in [1.807, 2.05) is 11.8 Å². The SMILES string of the molecule is Cc1cc(C(=O)Nc2nccs2)nc(N2CCOCC2)n1. The van der Waals surface area contributed by atoms with Crippen molar-refractivity contribution < 1.29 is 9.53 Å². The van der Waals surface area contributed by atoms with Gasteiger partial charge < -0.3 is 9.64 Å². The third kappa shape index (κ3) is 3.34. The lowest BCUT2D eigenvalue weighted by atomic mass is 10.3. The molecular weight excluding hydrogens is 290 g/mol. The first-order valence-corrected chi connectivity index (χ1v) is 7.49. The summed E-state index contributed by atoms with van der Waals surface area (Å²) in [6, 6.07) is 1.67. The van der Waals surface area contributed by atoms with Gasteiger partial charge in [-0.25, -0.2) is 15.0 Å². The van der Waals surface area contributed by atoms with Gasteiger partial charge in [-0.1, -0.05) is 0 Å². The van der Waals surface area contributed by atoms with E-state index in [9.17, 15) is 4.79 Å². The molecule has 0 bridgehead atoms. The topological polar surface area (TPSA) is 80.2 Å². The second-order valence-corrected chi connectivity index (χ2v) is 5.48. The van der Waals surface area contributed by atoms with Gasteiger partial charge in [0.25, 0.3) is 5.91 Å². The highest BCUT2D eigenvalue weighted by atomic mass is 32.1. The molecule has 1 N–H and O–H groups in total. The summed E-state index contributed by atoms with van der Waals surface area (Å²) < 4.78 is 5.32. The van der Waals surface area contributed by atoms with Crippen molar-refractivity contribution in [1.29, 1.82) is 0 Å². The van der Waals surface area contributed by atoms with E-state index in [1.54, 1.807) is 17.6 Å². The lowest BCUT2D eigenvalue weighted by Gasteiger charge is -2.27. The standard InChI is InChI=1S/C13H15N5O2S/c1-9-8-10(11(19)17-13-14-2-7-21-13)16-12(15-9)18-3-5-20-6-4-18/h2,7-8H,3-6H2,1H3,(H,14,17,19). The largest absolute Gasteiger partial charge is 0.378 e. The molecule has 0 aromatic carbocycles. The molecule has 3 rings (SSSR count). The number of thiazole rings is 1. The maximum atomic E-state index is 12.2. The van der Waals surface area contributed by atoms with Crippen LogP contribution in [0.2, 0.25) is 0 Å². The number of hydrogen-bond acceptors (Lipinski definition) is 7. The fraction of sp³-hybridized carbons (Fsp3) is 0.385. The van der Waals surface area contributed by atoms with Gasteiger partial charge >= 0.3 is 0 Å². The number of rotatable bonds is 3. The molecule has 0 atom stereocenters. The van der Waals surface area contributed by atoms with Crippen LogP contribution in [0.25, 0.3) is 0 Å². The van der Waals surface area contributed by atoms with Crippen molar-refractivity contribution in [3.8, 4) is 0 Å². The molecule has 1 amide bonds. The summed E-state index contributed by atoms with van der Waals surface area (Å²) >= 11 is 1.37. The van der Waals surface area contributed by atoms with E-state index < -0.39 is 0 Å². The zero-order valence-electron chi connectivity index (χ0n) is 11.6. The number of amides is 1. The van der Waals surface area contributed by atoms with Gasteiger partial charge in [0.15, 0.2) is 5.13 Å². The van der Waals surface area contributed by atoms with Crippen LogP contribution in [-0.4, -0.2) is 47.2 Å². The molecule has 8 heteroatoms. The number of nitrogens with zero attached hydrogens (tertiary/aromatic N) is 4. The van der Waals surface area contributed by atoms with Gasteiger partial charge in [0, 0.05) is 30.4 Å². The van der Waals surface area contributed by atoms with Gasteiger partial charge in [0.2, 0.25) is 5.95 Å². The Morgan fingerprint density at radius 1 is 1.38 bits per heavy atom. The summed E-state index contributed by atoms with van der Waals surface area (Å²) in [6.45, 7) is 4.62. The second kappa shape index (κ2) is 6.15. The first kappa shape index (κ1) is 13.9. The maximum absolute atomic E-state index is 12.2. The van der Waals surface area contributed by atoms with Crippen LogP contribution in [0, 0.1) is 6.92 Å². The number of carbonyl (C=O) groups excluding carboxylic acids is 1. The van der Waals surface area contributed by atoms with Gasteiger partial charge in [-0.2, -0.15) is 0 Å². The van der Waals surface area contributed by atoms with Crippen molar-refractivity contribution in [3.05, 3.63) is 29.0 Å². The lowest BCUT2D eigenvalue weighted by molar-refractivity contribution is 0.102. The zero-order chi connectivity index (χ0) is 14.7. The molecule has 0 spiro atoms. The number of morpholine rings is 1. The van der Waals surface area contributed by atoms with Crippen LogP contribution in [0.15, 0.2) is 17.6 Å². The summed E-state index contributed by atoms with van der Waals surface area (Å²) in [7, 11) is 0. The highest BCUT2D eigenvalue weighted by Crippen LogP contribution is 2.15. The minimum atomic E-state index is -0.273. The molecule has 0 saturated carbocycles. The van der Waals surface area contributed by atoms with Crippen molar-refractivity contribution in [1.82, 2.24) is 15.0 Å². The quantitative estimate of drug-likeness (QED) is 0.921. The van der Waals surface area contributed by atoms with Gasteiger partial charge in [-0.05, 0) is 13.0 Å². The molecule has 1 fully saturated rings. The predicted octanol–water partition coefficient (Wildman–Crippen LogP) is 1.33. The lowest BCUT2D eigenvalue weighted by Crippen LogP contribution is -2.37. The molecule has 110 valence electrons. The Balaban J connectivity index is 1.81. The molecule has 0 radical (unpaired) electrons. The Labute approximate surface area is 126 Å². The van der Waals surface area contributed by atoms with Gasteiger partial charge in [0.1, 0.15) is 5.69 Å². The predicted molar refractivity (Wildman–Crippen MR) is 79.9 cm³/mol. The summed E-state index contributed by atoms with van der Waals surface area (Å²) in [4.78, 5) is 27.0. The molecule has 1 saturated heterocycles. The van der Waals surface area contributed by atoms with Crippen LogP contribution in [-0.2, 0) is 4.74 Å². The molecule has 7 nitrogen and oxygen atoms in total. The van der Waals surface area contributed by atoms with E-state index in [0.717, 1.165) is 18.8 Å². The van der Waals surface area contributed by atoms with Crippen LogP contribution >= 0.6 is 11.3 Å². The molecule has 2 aromatic rings. The second-order valence-electron chi connectivity index (χ2n) is 4.59. The average molecular weight is 305 g/mol. The summed E-state index contributed by atoms with van der Waals surface area (Å²) in [5.41, 5.74) is 1.11. The number of ether oxygens (including phenoxy) is 1. The van der Waals surface area contributed by atoms with E-state index in [0.29, 0.717) is 30.0 Å². The minimum Gasteiger partial charge on any atom is -0.378 e. The van der Waals surface area contributed by atoms with Gasteiger partial charge in [-0.15, -0.1) is 11.3 Å². The number of aromatic nitrogens is 3. The number of anilines is 2. The van der Waals surface area contributed by atoms with Crippen LogP contribution in [0.1, 0.15) is 16.2 Å². The van der Waals surface area contributed by atoms with Crippen molar-refractivity contribution in [2.24, 2.45) is 0 Å². The molecular formula is C13H15N5O2S. The summed E-state index contributed by atoms with van der Waals surface area (Å²) in [5, 5.41) is 5.10. The molecule has 21 heavy (non-hydrogen) atoms. The zero-order valence-corrected chi connectivity index (χ0v) is 12.4. The first-order chi connectivity index (χ1) is 10.2. The third-order valence-electron chi connectivity index (χ3n) is 3.02. The van der Waals surface area contributed by atoms with Crippen molar-refractivity contribution in [2.45, 2.75) is 6.92 Å². The van der Waals surface area contributed by atoms with Crippen LogP contribution in [0.3, 0.4) is 0 Å². The Bertz CT molecular complexity index is 625. The van der Waals surface area contributed by atoms with E-state index in [1.165, 1.54) is 11.3 Å². The van der Waals surface area contributed by atoms with Crippen LogP contribution in [0.5, 0.6) is 0 Å². The maximum Gasteiger partial charge on any atom is 0.276 e. The van der Waals surface area contributed by atoms with E-state index >= 15 is 0 Å². The number of aryl methyl sites for hydroxylation is 1. The fourth-order valence-corrected chi connectivity index (χ4v) is 2.54. The molecule has 1 aliphatic heterocycles. The smallest absolute Gasteiger partial charge is 0.276 e. The van der Waals surface area contributed by atoms with Crippen molar-refractivity contribution in [3.63, 3.8) is 0 Å². The van der Waals surface area contributed by atoms with Gasteiger partial charge in [-0.3, -0.25) is 10.1 Å². The Hall–Kier alpha value is -2.06. The first-order valence-electron chi connectivity index (χ1n) is 6.61. The molecule has 2 aromatic heterocycles. The highest BCUT2D eigenvalue weighted by molar-refractivity contribution is 7.13. The normalized spacial score (nSPS) is 15.0. The molecule has 1 aliphatic rings. The number of carbonyl (C=O) groups is 1. The third-order valence-corrected chi connectivity index (χ3v) is 3.71. The van der Waals surface area contributed by atoms with E-state index in [-0.39, 0.29) is 5.91 Å². The van der Waals surface area contributed by atoms with Crippen molar-refractivity contribution >= 4 is 28.3 Å². The number of nitrogens with one attached hydrogen (secondary N) is 1. The van der Waals surface area contributed by atoms with Crippen LogP contribution in [0.4, 0.5) is 11.1 Å². The van der Waals surface area contributed by atoms with Gasteiger partial charge in [0.05, 0.1) is 13.2 Å². The Morgan fingerprint density at radius 3 is 2.90 bits per heavy atom.